The molecule has 0 aliphatic heterocycles. The number of esters is 1. The standard InChI is InChI=1S/C21H20N2O4/c1-15-7-3-4-8-16(15)13-23(14-21(25)26-2)20(24)12-11-19-22-17-9-5-6-10-18(17)27-19/h3-12H,13-14H2,1-2H3/b12-11+. The summed E-state index contributed by atoms with van der Waals surface area (Å²) in [7, 11) is 1.30. The van der Waals surface area contributed by atoms with Crippen LogP contribution in [0.15, 0.2) is 59.0 Å². The molecule has 0 spiro atoms. The minimum atomic E-state index is -0.479. The Labute approximate surface area is 157 Å². The van der Waals surface area contributed by atoms with Gasteiger partial charge in [0.25, 0.3) is 0 Å². The second kappa shape index (κ2) is 8.31. The summed E-state index contributed by atoms with van der Waals surface area (Å²) in [5, 5.41) is 0. The lowest BCUT2D eigenvalue weighted by Crippen LogP contribution is -2.34. The van der Waals surface area contributed by atoms with Gasteiger partial charge in [0.2, 0.25) is 11.8 Å². The molecule has 0 aliphatic carbocycles. The Morgan fingerprint density at radius 3 is 2.63 bits per heavy atom. The number of nitrogens with zero attached hydrogens (tertiary/aromatic N) is 2. The molecule has 3 aromatic rings. The number of para-hydroxylation sites is 2. The molecule has 0 radical (unpaired) electrons. The van der Waals surface area contributed by atoms with E-state index >= 15 is 0 Å². The van der Waals surface area contributed by atoms with Gasteiger partial charge in [-0.25, -0.2) is 4.98 Å². The predicted molar refractivity (Wildman–Crippen MR) is 102 cm³/mol. The van der Waals surface area contributed by atoms with Crippen LogP contribution in [0.3, 0.4) is 0 Å². The van der Waals surface area contributed by atoms with Crippen LogP contribution >= 0.6 is 0 Å². The van der Waals surface area contributed by atoms with Crippen molar-refractivity contribution >= 4 is 29.1 Å². The monoisotopic (exact) mass is 364 g/mol. The smallest absolute Gasteiger partial charge is 0.325 e. The van der Waals surface area contributed by atoms with Gasteiger partial charge in [0, 0.05) is 18.7 Å². The summed E-state index contributed by atoms with van der Waals surface area (Å²) in [6.45, 7) is 2.13. The van der Waals surface area contributed by atoms with Crippen LogP contribution < -0.4 is 0 Å². The summed E-state index contributed by atoms with van der Waals surface area (Å²) in [6.07, 6.45) is 2.86. The molecule has 1 heterocycles. The normalized spacial score (nSPS) is 11.0. The molecule has 0 unspecified atom stereocenters. The number of methoxy groups -OCH3 is 1. The van der Waals surface area contributed by atoms with E-state index in [0.29, 0.717) is 18.0 Å². The van der Waals surface area contributed by atoms with Crippen molar-refractivity contribution in [2.75, 3.05) is 13.7 Å². The Balaban J connectivity index is 1.79. The molecule has 1 amide bonds. The van der Waals surface area contributed by atoms with E-state index in [4.69, 9.17) is 9.15 Å². The number of amides is 1. The summed E-state index contributed by atoms with van der Waals surface area (Å²) >= 11 is 0. The zero-order chi connectivity index (χ0) is 19.2. The number of hydrogen-bond donors (Lipinski definition) is 0. The van der Waals surface area contributed by atoms with Crippen molar-refractivity contribution in [2.45, 2.75) is 13.5 Å². The fourth-order valence-electron chi connectivity index (χ4n) is 2.63. The number of oxazole rings is 1. The van der Waals surface area contributed by atoms with Crippen LogP contribution in [0.1, 0.15) is 17.0 Å². The summed E-state index contributed by atoms with van der Waals surface area (Å²) in [4.78, 5) is 30.1. The lowest BCUT2D eigenvalue weighted by Gasteiger charge is -2.21. The van der Waals surface area contributed by atoms with Gasteiger partial charge in [-0.15, -0.1) is 0 Å². The van der Waals surface area contributed by atoms with Crippen molar-refractivity contribution in [3.63, 3.8) is 0 Å². The van der Waals surface area contributed by atoms with Crippen molar-refractivity contribution in [3.8, 4) is 0 Å². The van der Waals surface area contributed by atoms with Gasteiger partial charge in [-0.2, -0.15) is 0 Å². The van der Waals surface area contributed by atoms with Gasteiger partial charge < -0.3 is 14.1 Å². The maximum absolute atomic E-state index is 12.7. The van der Waals surface area contributed by atoms with Gasteiger partial charge in [0.05, 0.1) is 7.11 Å². The molecule has 0 bridgehead atoms. The number of fused-ring (bicyclic) bond motifs is 1. The lowest BCUT2D eigenvalue weighted by molar-refractivity contribution is -0.145. The van der Waals surface area contributed by atoms with E-state index in [0.717, 1.165) is 16.6 Å². The Hall–Kier alpha value is -3.41. The molecule has 1 aromatic heterocycles. The van der Waals surface area contributed by atoms with Crippen molar-refractivity contribution < 1.29 is 18.7 Å². The molecular formula is C21H20N2O4. The molecule has 0 saturated carbocycles. The third-order valence-corrected chi connectivity index (χ3v) is 4.16. The minimum Gasteiger partial charge on any atom is -0.468 e. The quantitative estimate of drug-likeness (QED) is 0.495. The average molecular weight is 364 g/mol. The third kappa shape index (κ3) is 4.61. The van der Waals surface area contributed by atoms with Gasteiger partial charge in [0.15, 0.2) is 5.58 Å². The number of carbonyl (C=O) groups excluding carboxylic acids is 2. The van der Waals surface area contributed by atoms with Gasteiger partial charge in [-0.3, -0.25) is 9.59 Å². The van der Waals surface area contributed by atoms with Crippen LogP contribution in [0.4, 0.5) is 0 Å². The number of rotatable bonds is 6. The molecule has 0 N–H and O–H groups in total. The summed E-state index contributed by atoms with van der Waals surface area (Å²) in [5.74, 6) is -0.475. The third-order valence-electron chi connectivity index (χ3n) is 4.16. The number of aryl methyl sites for hydroxylation is 1. The number of ether oxygens (including phenoxy) is 1. The number of hydrogen-bond acceptors (Lipinski definition) is 5. The van der Waals surface area contributed by atoms with Gasteiger partial charge in [-0.1, -0.05) is 36.4 Å². The van der Waals surface area contributed by atoms with Crippen LogP contribution in [0, 0.1) is 6.92 Å². The molecule has 0 saturated heterocycles. The highest BCUT2D eigenvalue weighted by Crippen LogP contribution is 2.16. The summed E-state index contributed by atoms with van der Waals surface area (Å²) < 4.78 is 10.3. The van der Waals surface area contributed by atoms with Crippen molar-refractivity contribution in [3.05, 3.63) is 71.6 Å². The maximum atomic E-state index is 12.7. The van der Waals surface area contributed by atoms with Gasteiger partial charge in [-0.05, 0) is 30.2 Å². The van der Waals surface area contributed by atoms with E-state index in [1.165, 1.54) is 24.2 Å². The topological polar surface area (TPSA) is 72.6 Å². The largest absolute Gasteiger partial charge is 0.468 e. The Bertz CT molecular complexity index is 958. The first kappa shape index (κ1) is 18.4. The van der Waals surface area contributed by atoms with E-state index in [1.54, 1.807) is 0 Å². The number of carbonyl (C=O) groups is 2. The predicted octanol–water partition coefficient (Wildman–Crippen LogP) is 3.35. The fourth-order valence-corrected chi connectivity index (χ4v) is 2.63. The molecule has 6 nitrogen and oxygen atoms in total. The molecule has 138 valence electrons. The Morgan fingerprint density at radius 1 is 1.15 bits per heavy atom. The molecule has 3 rings (SSSR count). The Morgan fingerprint density at radius 2 is 1.89 bits per heavy atom. The van der Waals surface area contributed by atoms with Crippen molar-refractivity contribution in [2.24, 2.45) is 0 Å². The Kier molecular flexibility index (Phi) is 5.66. The highest BCUT2D eigenvalue weighted by molar-refractivity contribution is 5.93. The highest BCUT2D eigenvalue weighted by atomic mass is 16.5. The zero-order valence-electron chi connectivity index (χ0n) is 15.2. The van der Waals surface area contributed by atoms with E-state index in [1.807, 2.05) is 55.5 Å². The maximum Gasteiger partial charge on any atom is 0.325 e. The lowest BCUT2D eigenvalue weighted by atomic mass is 10.1. The van der Waals surface area contributed by atoms with Gasteiger partial charge in [0.1, 0.15) is 12.1 Å². The fraction of sp³-hybridized carbons (Fsp3) is 0.190. The summed E-state index contributed by atoms with van der Waals surface area (Å²) in [6, 6.07) is 15.1. The van der Waals surface area contributed by atoms with E-state index in [9.17, 15) is 9.59 Å². The molecule has 0 atom stereocenters. The molecular weight excluding hydrogens is 344 g/mol. The van der Waals surface area contributed by atoms with E-state index in [-0.39, 0.29) is 12.5 Å². The average Bonchev–Trinajstić information content (AvgIpc) is 3.10. The van der Waals surface area contributed by atoms with Crippen LogP contribution in [0.2, 0.25) is 0 Å². The number of aromatic nitrogens is 1. The second-order valence-corrected chi connectivity index (χ2v) is 6.05. The van der Waals surface area contributed by atoms with Crippen LogP contribution in [-0.4, -0.2) is 35.4 Å². The molecule has 27 heavy (non-hydrogen) atoms. The van der Waals surface area contributed by atoms with Crippen molar-refractivity contribution in [1.82, 2.24) is 9.88 Å². The highest BCUT2D eigenvalue weighted by Gasteiger charge is 2.17. The van der Waals surface area contributed by atoms with Gasteiger partial charge >= 0.3 is 5.97 Å². The zero-order valence-corrected chi connectivity index (χ0v) is 15.2. The first-order valence-corrected chi connectivity index (χ1v) is 8.50. The van der Waals surface area contributed by atoms with E-state index in [2.05, 4.69) is 4.98 Å². The molecule has 0 aliphatic rings. The first-order valence-electron chi connectivity index (χ1n) is 8.50. The van der Waals surface area contributed by atoms with E-state index < -0.39 is 5.97 Å². The molecule has 2 aromatic carbocycles. The van der Waals surface area contributed by atoms with Crippen LogP contribution in [-0.2, 0) is 20.9 Å². The van der Waals surface area contributed by atoms with Crippen LogP contribution in [0.5, 0.6) is 0 Å². The van der Waals surface area contributed by atoms with Crippen molar-refractivity contribution in [1.29, 1.82) is 0 Å². The SMILES string of the molecule is COC(=O)CN(Cc1ccccc1C)C(=O)/C=C/c1nc2ccccc2o1. The minimum absolute atomic E-state index is 0.137. The summed E-state index contributed by atoms with van der Waals surface area (Å²) in [5.41, 5.74) is 3.37. The molecule has 0 fully saturated rings. The molecule has 6 heteroatoms. The van der Waals surface area contributed by atoms with Crippen LogP contribution in [0.25, 0.3) is 17.2 Å². The first-order chi connectivity index (χ1) is 13.1. The number of benzene rings is 2. The second-order valence-electron chi connectivity index (χ2n) is 6.05.